The van der Waals surface area contributed by atoms with Gasteiger partial charge in [0.2, 0.25) is 5.13 Å². The zero-order valence-electron chi connectivity index (χ0n) is 11.1. The van der Waals surface area contributed by atoms with Crippen LogP contribution in [0.15, 0.2) is 18.2 Å². The molecule has 4 nitrogen and oxygen atoms in total. The van der Waals surface area contributed by atoms with Crippen LogP contribution in [-0.2, 0) is 6.42 Å². The summed E-state index contributed by atoms with van der Waals surface area (Å²) in [5, 5.41) is 22.3. The summed E-state index contributed by atoms with van der Waals surface area (Å²) in [7, 11) is 0. The van der Waals surface area contributed by atoms with Gasteiger partial charge in [-0.2, -0.15) is 0 Å². The molecule has 2 aromatic rings. The molecule has 20 heavy (non-hydrogen) atoms. The van der Waals surface area contributed by atoms with Crippen molar-refractivity contribution in [2.75, 3.05) is 5.32 Å². The first kappa shape index (κ1) is 14.8. The summed E-state index contributed by atoms with van der Waals surface area (Å²) in [4.78, 5) is 0. The summed E-state index contributed by atoms with van der Waals surface area (Å²) in [6, 6.07) is 2.93. The first-order valence-corrected chi connectivity index (χ1v) is 6.95. The van der Waals surface area contributed by atoms with Gasteiger partial charge in [-0.25, -0.2) is 8.78 Å². The first-order chi connectivity index (χ1) is 9.44. The van der Waals surface area contributed by atoms with E-state index in [-0.39, 0.29) is 12.5 Å². The number of benzene rings is 1. The van der Waals surface area contributed by atoms with Crippen LogP contribution in [0.4, 0.5) is 13.9 Å². The Kier molecular flexibility index (Phi) is 4.61. The Morgan fingerprint density at radius 2 is 1.90 bits per heavy atom. The number of aryl methyl sites for hydroxylation is 1. The fraction of sp³-hybridized carbons (Fsp3) is 0.385. The number of hydrogen-bond donors (Lipinski definition) is 2. The molecule has 1 aromatic heterocycles. The topological polar surface area (TPSA) is 58.0 Å². The van der Waals surface area contributed by atoms with Crippen molar-refractivity contribution in [2.45, 2.75) is 32.4 Å². The number of nitrogens with zero attached hydrogens (tertiary/aromatic N) is 2. The summed E-state index contributed by atoms with van der Waals surface area (Å²) in [6.45, 7) is 3.61. The molecule has 1 aromatic carbocycles. The number of aromatic nitrogens is 2. The minimum absolute atomic E-state index is 0.153. The number of hydrogen-bond acceptors (Lipinski definition) is 5. The molecule has 108 valence electrons. The summed E-state index contributed by atoms with van der Waals surface area (Å²) < 4.78 is 26.2. The average molecular weight is 299 g/mol. The van der Waals surface area contributed by atoms with Crippen molar-refractivity contribution in [1.29, 1.82) is 0 Å². The molecule has 2 N–H and O–H groups in total. The summed E-state index contributed by atoms with van der Waals surface area (Å²) in [6.07, 6.45) is -0.638. The molecule has 2 atom stereocenters. The number of rotatable bonds is 5. The smallest absolute Gasteiger partial charge is 0.205 e. The second-order valence-electron chi connectivity index (χ2n) is 4.61. The standard InChI is InChI=1S/C13H15F2N3OS/c1-7(16-13-18-17-8(2)20-13)12(19)5-9-3-10(14)6-11(15)4-9/h3-4,6-7,12,19H,5H2,1-2H3,(H,16,18). The first-order valence-electron chi connectivity index (χ1n) is 6.13. The van der Waals surface area contributed by atoms with Crippen molar-refractivity contribution in [1.82, 2.24) is 10.2 Å². The molecule has 0 aliphatic rings. The maximum atomic E-state index is 13.1. The lowest BCUT2D eigenvalue weighted by Crippen LogP contribution is -2.32. The van der Waals surface area contributed by atoms with Gasteiger partial charge in [0.15, 0.2) is 0 Å². The molecule has 0 fully saturated rings. The second kappa shape index (κ2) is 6.23. The molecule has 0 saturated heterocycles. The van der Waals surface area contributed by atoms with Gasteiger partial charge in [-0.3, -0.25) is 0 Å². The van der Waals surface area contributed by atoms with E-state index in [1.54, 1.807) is 6.92 Å². The number of nitrogens with one attached hydrogen (secondary N) is 1. The monoisotopic (exact) mass is 299 g/mol. The molecule has 0 aliphatic heterocycles. The molecule has 1 heterocycles. The van der Waals surface area contributed by atoms with Gasteiger partial charge in [0.05, 0.1) is 12.1 Å². The fourth-order valence-corrected chi connectivity index (χ4v) is 2.48. The zero-order chi connectivity index (χ0) is 14.7. The Morgan fingerprint density at radius 3 is 2.45 bits per heavy atom. The third-order valence-electron chi connectivity index (χ3n) is 2.82. The fourth-order valence-electron chi connectivity index (χ4n) is 1.79. The van der Waals surface area contributed by atoms with Crippen LogP contribution in [-0.4, -0.2) is 27.4 Å². The van der Waals surface area contributed by atoms with Crippen LogP contribution in [0.5, 0.6) is 0 Å². The van der Waals surface area contributed by atoms with Crippen LogP contribution in [0.2, 0.25) is 0 Å². The Bertz CT molecular complexity index is 570. The van der Waals surface area contributed by atoms with Crippen molar-refractivity contribution in [3.63, 3.8) is 0 Å². The highest BCUT2D eigenvalue weighted by atomic mass is 32.1. The van der Waals surface area contributed by atoms with Crippen molar-refractivity contribution in [3.05, 3.63) is 40.4 Å². The Balaban J connectivity index is 1.98. The van der Waals surface area contributed by atoms with E-state index in [2.05, 4.69) is 15.5 Å². The summed E-state index contributed by atoms with van der Waals surface area (Å²) in [5.74, 6) is -1.29. The van der Waals surface area contributed by atoms with E-state index in [1.165, 1.54) is 23.5 Å². The highest BCUT2D eigenvalue weighted by molar-refractivity contribution is 7.15. The maximum absolute atomic E-state index is 13.1. The van der Waals surface area contributed by atoms with E-state index < -0.39 is 17.7 Å². The van der Waals surface area contributed by atoms with Crippen LogP contribution in [0.25, 0.3) is 0 Å². The highest BCUT2D eigenvalue weighted by Crippen LogP contribution is 2.17. The Labute approximate surface area is 119 Å². The Hall–Kier alpha value is -1.60. The van der Waals surface area contributed by atoms with Crippen LogP contribution < -0.4 is 5.32 Å². The highest BCUT2D eigenvalue weighted by Gasteiger charge is 2.17. The quantitative estimate of drug-likeness (QED) is 0.891. The molecule has 7 heteroatoms. The number of anilines is 1. The van der Waals surface area contributed by atoms with Crippen molar-refractivity contribution >= 4 is 16.5 Å². The van der Waals surface area contributed by atoms with Crippen LogP contribution in [0.1, 0.15) is 17.5 Å². The van der Waals surface area contributed by atoms with E-state index in [0.29, 0.717) is 10.7 Å². The van der Waals surface area contributed by atoms with Crippen molar-refractivity contribution in [2.24, 2.45) is 0 Å². The van der Waals surface area contributed by atoms with Gasteiger partial charge in [0.25, 0.3) is 0 Å². The predicted octanol–water partition coefficient (Wildman–Crippen LogP) is 2.53. The van der Waals surface area contributed by atoms with E-state index in [4.69, 9.17) is 0 Å². The van der Waals surface area contributed by atoms with Crippen molar-refractivity contribution < 1.29 is 13.9 Å². The van der Waals surface area contributed by atoms with Crippen LogP contribution in [0, 0.1) is 18.6 Å². The van der Waals surface area contributed by atoms with Crippen LogP contribution >= 0.6 is 11.3 Å². The summed E-state index contributed by atoms with van der Waals surface area (Å²) >= 11 is 1.38. The molecule has 0 saturated carbocycles. The molecule has 0 radical (unpaired) electrons. The van der Waals surface area contributed by atoms with Gasteiger partial charge in [0, 0.05) is 12.5 Å². The lowest BCUT2D eigenvalue weighted by Gasteiger charge is -2.19. The SMILES string of the molecule is Cc1nnc(NC(C)C(O)Cc2cc(F)cc(F)c2)s1. The Morgan fingerprint density at radius 1 is 1.25 bits per heavy atom. The molecule has 0 spiro atoms. The third kappa shape index (κ3) is 3.94. The zero-order valence-corrected chi connectivity index (χ0v) is 11.9. The van der Waals surface area contributed by atoms with Crippen LogP contribution in [0.3, 0.4) is 0 Å². The van der Waals surface area contributed by atoms with E-state index >= 15 is 0 Å². The van der Waals surface area contributed by atoms with Gasteiger partial charge in [-0.1, -0.05) is 11.3 Å². The average Bonchev–Trinajstić information content (AvgIpc) is 2.73. The van der Waals surface area contributed by atoms with Gasteiger partial charge in [0.1, 0.15) is 16.6 Å². The number of aliphatic hydroxyl groups is 1. The maximum Gasteiger partial charge on any atom is 0.205 e. The summed E-state index contributed by atoms with van der Waals surface area (Å²) in [5.41, 5.74) is 0.414. The minimum atomic E-state index is -0.791. The number of aliphatic hydroxyl groups excluding tert-OH is 1. The van der Waals surface area contributed by atoms with Crippen molar-refractivity contribution in [3.8, 4) is 0 Å². The van der Waals surface area contributed by atoms with Gasteiger partial charge in [-0.05, 0) is 31.5 Å². The molecule has 0 aliphatic carbocycles. The molecule has 0 bridgehead atoms. The lowest BCUT2D eigenvalue weighted by atomic mass is 10.0. The van der Waals surface area contributed by atoms with Gasteiger partial charge < -0.3 is 10.4 Å². The second-order valence-corrected chi connectivity index (χ2v) is 5.79. The van der Waals surface area contributed by atoms with E-state index in [9.17, 15) is 13.9 Å². The van der Waals surface area contributed by atoms with E-state index in [1.807, 2.05) is 6.92 Å². The molecule has 2 unspecified atom stereocenters. The van der Waals surface area contributed by atoms with Gasteiger partial charge in [-0.15, -0.1) is 10.2 Å². The largest absolute Gasteiger partial charge is 0.391 e. The minimum Gasteiger partial charge on any atom is -0.391 e. The van der Waals surface area contributed by atoms with Gasteiger partial charge >= 0.3 is 0 Å². The molecule has 0 amide bonds. The molecular weight excluding hydrogens is 284 g/mol. The lowest BCUT2D eigenvalue weighted by molar-refractivity contribution is 0.158. The van der Waals surface area contributed by atoms with E-state index in [0.717, 1.165) is 11.1 Å². The molecule has 2 rings (SSSR count). The predicted molar refractivity (Wildman–Crippen MR) is 73.8 cm³/mol. The normalized spacial score (nSPS) is 14.1. The third-order valence-corrected chi connectivity index (χ3v) is 3.59. The molecular formula is C13H15F2N3OS. The number of halogens is 2.